The van der Waals surface area contributed by atoms with E-state index in [1.807, 2.05) is 87.5 Å². The molecule has 0 fully saturated rings. The molecular weight excluding hydrogens is 950 g/mol. The van der Waals surface area contributed by atoms with Crippen molar-refractivity contribution in [2.75, 3.05) is 0 Å². The number of para-hydroxylation sites is 1. The molecule has 8 rings (SSSR count). The van der Waals surface area contributed by atoms with E-state index in [0.29, 0.717) is 39.3 Å². The predicted molar refractivity (Wildman–Crippen MR) is 261 cm³/mol. The maximum absolute atomic E-state index is 12.0. The average Bonchev–Trinajstić information content (AvgIpc) is 3.67. The molecule has 6 aromatic carbocycles. The summed E-state index contributed by atoms with van der Waals surface area (Å²) in [6.07, 6.45) is 1.65. The van der Waals surface area contributed by atoms with Crippen LogP contribution in [0.1, 0.15) is 123 Å². The quantitative estimate of drug-likeness (QED) is 0.162. The van der Waals surface area contributed by atoms with Gasteiger partial charge in [0.15, 0.2) is 0 Å². The van der Waals surface area contributed by atoms with Gasteiger partial charge in [-0.25, -0.2) is 4.98 Å². The molecule has 0 radical (unpaired) electrons. The number of phenolic OH excluding ortho intramolecular Hbond substituents is 1. The van der Waals surface area contributed by atoms with Crippen molar-refractivity contribution in [1.29, 1.82) is 0 Å². The minimum absolute atomic E-state index is 0. The summed E-state index contributed by atoms with van der Waals surface area (Å²) >= 11 is 0. The molecule has 0 saturated heterocycles. The number of pyridine rings is 1. The van der Waals surface area contributed by atoms with E-state index < -0.39 is 31.9 Å². The van der Waals surface area contributed by atoms with Crippen LogP contribution in [-0.2, 0) is 37.3 Å². The van der Waals surface area contributed by atoms with E-state index >= 15 is 0 Å². The van der Waals surface area contributed by atoms with Gasteiger partial charge in [-0.15, -0.1) is 29.3 Å². The second-order valence-electron chi connectivity index (χ2n) is 18.7. The Hall–Kier alpha value is -5.57. The second-order valence-corrected chi connectivity index (χ2v) is 18.7. The van der Waals surface area contributed by atoms with Gasteiger partial charge in [0, 0.05) is 52.2 Å². The fraction of sp³-hybridized carbons (Fsp3) is 0.276. The van der Waals surface area contributed by atoms with Crippen molar-refractivity contribution >= 4 is 11.0 Å². The Morgan fingerprint density at radius 3 is 1.98 bits per heavy atom. The van der Waals surface area contributed by atoms with E-state index in [2.05, 4.69) is 82.5 Å². The Balaban J connectivity index is 0.00000780. The van der Waals surface area contributed by atoms with Crippen LogP contribution in [0.3, 0.4) is 0 Å². The third-order valence-electron chi connectivity index (χ3n) is 11.7. The SMILES string of the molecule is [2H]C(C)(C)c1ccc(-n2c(-c3cc(C(C)(C)C)cc(C)c3O)nc3c(-c4[c-]c(-c5cc(-c6ccc(C(C([2H])([2H])[2H])(C([2H])([2H])[2H])C([2H])([2H])[2H])cc6)ccn5)cc(C(C)(C)C)c4)cccc32)c(-c2ccccc2)c1.[Pt]. The number of fused-ring (bicyclic) bond motifs is 1. The fourth-order valence-electron chi connectivity index (χ4n) is 7.97. The summed E-state index contributed by atoms with van der Waals surface area (Å²) in [6, 6.07) is 43.5. The molecule has 0 spiro atoms. The monoisotopic (exact) mass is 1020 g/mol. The molecule has 0 saturated carbocycles. The van der Waals surface area contributed by atoms with Crippen LogP contribution in [-0.4, -0.2) is 19.6 Å². The average molecular weight is 1020 g/mol. The summed E-state index contributed by atoms with van der Waals surface area (Å²) in [6.45, 7) is 8.36. The molecular formula is C58H60N3OPt-. The molecule has 1 N–H and O–H groups in total. The summed E-state index contributed by atoms with van der Waals surface area (Å²) < 4.78 is 84.9. The number of aromatic nitrogens is 3. The largest absolute Gasteiger partial charge is 0.507 e. The maximum Gasteiger partial charge on any atom is 0.148 e. The molecule has 0 aliphatic carbocycles. The number of phenols is 1. The molecule has 2 aromatic heterocycles. The van der Waals surface area contributed by atoms with Crippen molar-refractivity contribution < 1.29 is 39.9 Å². The number of hydrogen-bond acceptors (Lipinski definition) is 3. The Morgan fingerprint density at radius 1 is 0.635 bits per heavy atom. The number of aryl methyl sites for hydroxylation is 1. The first kappa shape index (κ1) is 33.9. The maximum atomic E-state index is 12.0. The molecule has 0 unspecified atom stereocenters. The smallest absolute Gasteiger partial charge is 0.148 e. The molecule has 0 atom stereocenters. The number of rotatable bonds is 7. The number of imidazole rings is 1. The number of hydrogen-bond donors (Lipinski definition) is 1. The normalized spacial score (nSPS) is 15.3. The van der Waals surface area contributed by atoms with Crippen LogP contribution in [0.25, 0.3) is 72.7 Å². The van der Waals surface area contributed by atoms with Gasteiger partial charge >= 0.3 is 0 Å². The first-order valence-electron chi connectivity index (χ1n) is 26.0. The van der Waals surface area contributed by atoms with Crippen LogP contribution in [0.2, 0.25) is 0 Å². The molecule has 8 aromatic rings. The first-order valence-corrected chi connectivity index (χ1v) is 21.0. The van der Waals surface area contributed by atoms with Gasteiger partial charge in [-0.05, 0) is 98.3 Å². The van der Waals surface area contributed by atoms with Crippen molar-refractivity contribution in [3.05, 3.63) is 167 Å². The van der Waals surface area contributed by atoms with Gasteiger partial charge in [-0.3, -0.25) is 9.55 Å². The molecule has 0 aliphatic heterocycles. The van der Waals surface area contributed by atoms with Gasteiger partial charge < -0.3 is 5.11 Å². The van der Waals surface area contributed by atoms with Crippen LogP contribution >= 0.6 is 0 Å². The topological polar surface area (TPSA) is 50.9 Å². The summed E-state index contributed by atoms with van der Waals surface area (Å²) in [7, 11) is 0. The van der Waals surface area contributed by atoms with Crippen molar-refractivity contribution in [1.82, 2.24) is 14.5 Å². The summed E-state index contributed by atoms with van der Waals surface area (Å²) in [5.41, 5.74) is 8.40. The number of nitrogens with zero attached hydrogens (tertiary/aromatic N) is 3. The predicted octanol–water partition coefficient (Wildman–Crippen LogP) is 15.6. The number of benzene rings is 6. The van der Waals surface area contributed by atoms with Crippen LogP contribution in [0.15, 0.2) is 134 Å². The molecule has 5 heteroatoms. The molecule has 324 valence electrons. The van der Waals surface area contributed by atoms with Gasteiger partial charge in [-0.1, -0.05) is 172 Å². The molecule has 2 heterocycles. The van der Waals surface area contributed by atoms with Crippen molar-refractivity contribution in [2.24, 2.45) is 0 Å². The standard InChI is InChI=1S/C58H60N3O.Pt/c1-36(2)40-23-26-51(48(33-40)39-17-14-13-15-18-39)61-52-20-16-19-47(53(52)60-55(61)49-35-45(57(7,8)9)29-37(3)54(49)62)42-30-43(32-46(31-42)58(10,11)12)50-34-41(27-28-59-50)38-21-24-44(25-22-38)56(4,5)6;/h13-29,31-36,62H,1-12H3;/q-1;/i4D3,5D3,6D3,36D;. The van der Waals surface area contributed by atoms with Crippen LogP contribution < -0.4 is 0 Å². The van der Waals surface area contributed by atoms with E-state index in [1.165, 1.54) is 12.1 Å². The first-order chi connectivity index (χ1) is 33.3. The van der Waals surface area contributed by atoms with E-state index in [-0.39, 0.29) is 43.2 Å². The molecule has 0 aliphatic rings. The van der Waals surface area contributed by atoms with Gasteiger partial charge in [0.2, 0.25) is 0 Å². The Bertz CT molecular complexity index is 3300. The molecule has 0 amide bonds. The zero-order chi connectivity index (χ0) is 52.7. The van der Waals surface area contributed by atoms with Crippen LogP contribution in [0.5, 0.6) is 5.75 Å². The third kappa shape index (κ3) is 9.11. The Morgan fingerprint density at radius 2 is 1.32 bits per heavy atom. The Labute approximate surface area is 403 Å². The minimum Gasteiger partial charge on any atom is -0.507 e. The van der Waals surface area contributed by atoms with Gasteiger partial charge in [0.1, 0.15) is 11.6 Å². The number of aromatic hydroxyl groups is 1. The summed E-state index contributed by atoms with van der Waals surface area (Å²) in [5.74, 6) is -0.213. The molecule has 0 bridgehead atoms. The van der Waals surface area contributed by atoms with E-state index in [4.69, 9.17) is 23.7 Å². The third-order valence-corrected chi connectivity index (χ3v) is 11.7. The van der Waals surface area contributed by atoms with Gasteiger partial charge in [0.25, 0.3) is 0 Å². The Kier molecular flexibility index (Phi) is 9.25. The van der Waals surface area contributed by atoms with Crippen LogP contribution in [0, 0.1) is 13.0 Å². The van der Waals surface area contributed by atoms with Gasteiger partial charge in [0.05, 0.1) is 22.3 Å². The summed E-state index contributed by atoms with van der Waals surface area (Å²) in [4.78, 5) is 10.3. The van der Waals surface area contributed by atoms with E-state index in [1.54, 1.807) is 24.4 Å². The van der Waals surface area contributed by atoms with Crippen molar-refractivity contribution in [3.8, 4) is 67.5 Å². The van der Waals surface area contributed by atoms with Crippen molar-refractivity contribution in [3.63, 3.8) is 0 Å². The zero-order valence-corrected chi connectivity index (χ0v) is 39.6. The summed E-state index contributed by atoms with van der Waals surface area (Å²) in [5, 5.41) is 12.0. The zero-order valence-electron chi connectivity index (χ0n) is 47.3. The van der Waals surface area contributed by atoms with Crippen LogP contribution in [0.4, 0.5) is 0 Å². The second kappa shape index (κ2) is 17.2. The minimum atomic E-state index is -3.38. The molecule has 4 nitrogen and oxygen atoms in total. The van der Waals surface area contributed by atoms with Crippen molar-refractivity contribution in [2.45, 2.75) is 105 Å². The fourth-order valence-corrected chi connectivity index (χ4v) is 7.97. The molecule has 63 heavy (non-hydrogen) atoms. The van der Waals surface area contributed by atoms with E-state index in [0.717, 1.165) is 55.7 Å². The van der Waals surface area contributed by atoms with Gasteiger partial charge in [-0.2, -0.15) is 0 Å². The van der Waals surface area contributed by atoms with E-state index in [9.17, 15) is 5.11 Å².